The highest BCUT2D eigenvalue weighted by atomic mass is 16.2. The molecule has 5 heteroatoms. The molecule has 0 radical (unpaired) electrons. The molecular formula is C13H16N4O. The van der Waals surface area contributed by atoms with Crippen molar-refractivity contribution in [1.29, 1.82) is 5.26 Å². The second-order valence-electron chi connectivity index (χ2n) is 4.88. The molecule has 0 bridgehead atoms. The minimum atomic E-state index is -0.905. The molecule has 2 N–H and O–H groups in total. The first-order valence-electron chi connectivity index (χ1n) is 5.96. The molecular weight excluding hydrogens is 228 g/mol. The van der Waals surface area contributed by atoms with Crippen LogP contribution in [0, 0.1) is 22.7 Å². The maximum absolute atomic E-state index is 12.5. The molecule has 0 aliphatic carbocycles. The largest absolute Gasteiger partial charge is 0.384 e. The Hall–Kier alpha value is -2.09. The Morgan fingerprint density at radius 1 is 1.61 bits per heavy atom. The van der Waals surface area contributed by atoms with Crippen molar-refractivity contribution in [3.05, 3.63) is 18.3 Å². The van der Waals surface area contributed by atoms with Crippen LogP contribution in [-0.4, -0.2) is 17.4 Å². The van der Waals surface area contributed by atoms with Crippen molar-refractivity contribution >= 4 is 17.4 Å². The molecule has 1 fully saturated rings. The number of hydrogen-bond acceptors (Lipinski definition) is 4. The van der Waals surface area contributed by atoms with Crippen LogP contribution >= 0.6 is 0 Å². The van der Waals surface area contributed by atoms with Crippen LogP contribution in [0.3, 0.4) is 0 Å². The van der Waals surface area contributed by atoms with Crippen LogP contribution in [0.5, 0.6) is 0 Å². The van der Waals surface area contributed by atoms with Gasteiger partial charge in [0.25, 0.3) is 0 Å². The second kappa shape index (κ2) is 4.30. The summed E-state index contributed by atoms with van der Waals surface area (Å²) in [6, 6.07) is 5.60. The maximum atomic E-state index is 12.5. The molecule has 1 aliphatic heterocycles. The van der Waals surface area contributed by atoms with E-state index >= 15 is 0 Å². The number of nitrogen functional groups attached to an aromatic ring is 1. The van der Waals surface area contributed by atoms with Crippen LogP contribution in [0.1, 0.15) is 20.3 Å². The molecule has 0 unspecified atom stereocenters. The van der Waals surface area contributed by atoms with Gasteiger partial charge in [-0.2, -0.15) is 5.26 Å². The molecule has 1 saturated heterocycles. The fraction of sp³-hybridized carbons (Fsp3) is 0.462. The number of pyridine rings is 1. The number of anilines is 2. The number of carbonyl (C=O) groups is 1. The summed E-state index contributed by atoms with van der Waals surface area (Å²) in [5.41, 5.74) is 5.43. The zero-order chi connectivity index (χ0) is 13.3. The summed E-state index contributed by atoms with van der Waals surface area (Å²) in [6.45, 7) is 4.37. The number of rotatable bonds is 2. The Bertz CT molecular complexity index is 520. The van der Waals surface area contributed by atoms with E-state index in [1.165, 1.54) is 0 Å². The molecule has 2 rings (SSSR count). The van der Waals surface area contributed by atoms with Gasteiger partial charge in [0.2, 0.25) is 5.91 Å². The van der Waals surface area contributed by atoms with Crippen LogP contribution < -0.4 is 10.6 Å². The summed E-state index contributed by atoms with van der Waals surface area (Å²) in [7, 11) is 0. The molecule has 1 aromatic rings. The van der Waals surface area contributed by atoms with E-state index in [9.17, 15) is 10.1 Å². The highest BCUT2D eigenvalue weighted by Gasteiger charge is 2.49. The molecule has 0 spiro atoms. The number of aromatic nitrogens is 1. The van der Waals surface area contributed by atoms with Crippen molar-refractivity contribution in [1.82, 2.24) is 4.98 Å². The average molecular weight is 244 g/mol. The Morgan fingerprint density at radius 2 is 2.33 bits per heavy atom. The van der Waals surface area contributed by atoms with E-state index in [-0.39, 0.29) is 11.8 Å². The van der Waals surface area contributed by atoms with E-state index < -0.39 is 5.41 Å². The van der Waals surface area contributed by atoms with Gasteiger partial charge in [-0.25, -0.2) is 4.98 Å². The molecule has 2 heterocycles. The van der Waals surface area contributed by atoms with Crippen LogP contribution in [-0.2, 0) is 4.79 Å². The number of nitrogens with two attached hydrogens (primary N) is 1. The van der Waals surface area contributed by atoms with Gasteiger partial charge in [-0.1, -0.05) is 13.8 Å². The van der Waals surface area contributed by atoms with E-state index in [0.29, 0.717) is 24.5 Å². The number of amides is 1. The summed E-state index contributed by atoms with van der Waals surface area (Å²) in [5.74, 6) is 0.240. The van der Waals surface area contributed by atoms with Gasteiger partial charge in [-0.15, -0.1) is 0 Å². The maximum Gasteiger partial charge on any atom is 0.247 e. The van der Waals surface area contributed by atoms with Gasteiger partial charge in [0.15, 0.2) is 0 Å². The lowest BCUT2D eigenvalue weighted by atomic mass is 9.77. The molecule has 0 aromatic carbocycles. The predicted molar refractivity (Wildman–Crippen MR) is 68.5 cm³/mol. The standard InChI is InChI=1S/C13H16N4O/c1-9(2)13(8-14)4-6-17(12(13)18)10-3-5-16-11(15)7-10/h3,5,7,9H,4,6H2,1-2H3,(H2,15,16)/t13-/m1/s1. The highest BCUT2D eigenvalue weighted by Crippen LogP contribution is 2.40. The minimum Gasteiger partial charge on any atom is -0.384 e. The van der Waals surface area contributed by atoms with Crippen molar-refractivity contribution in [3.63, 3.8) is 0 Å². The molecule has 1 atom stereocenters. The van der Waals surface area contributed by atoms with Gasteiger partial charge in [-0.05, 0) is 18.4 Å². The quantitative estimate of drug-likeness (QED) is 0.855. The number of nitriles is 1. The van der Waals surface area contributed by atoms with Crippen LogP contribution in [0.15, 0.2) is 18.3 Å². The first-order valence-corrected chi connectivity index (χ1v) is 5.96. The fourth-order valence-corrected chi connectivity index (χ4v) is 2.36. The second-order valence-corrected chi connectivity index (χ2v) is 4.88. The third kappa shape index (κ3) is 1.70. The molecule has 1 aromatic heterocycles. The van der Waals surface area contributed by atoms with E-state index in [1.54, 1.807) is 23.2 Å². The zero-order valence-electron chi connectivity index (χ0n) is 10.6. The number of hydrogen-bond donors (Lipinski definition) is 1. The van der Waals surface area contributed by atoms with Crippen molar-refractivity contribution in [3.8, 4) is 6.07 Å². The normalized spacial score (nSPS) is 23.4. The lowest BCUT2D eigenvalue weighted by molar-refractivity contribution is -0.124. The zero-order valence-corrected chi connectivity index (χ0v) is 10.6. The fourth-order valence-electron chi connectivity index (χ4n) is 2.36. The predicted octanol–water partition coefficient (Wildman–Crippen LogP) is 1.57. The Balaban J connectivity index is 2.36. The Morgan fingerprint density at radius 3 is 2.83 bits per heavy atom. The molecule has 18 heavy (non-hydrogen) atoms. The molecule has 1 amide bonds. The van der Waals surface area contributed by atoms with Crippen molar-refractivity contribution in [2.24, 2.45) is 11.3 Å². The third-order valence-electron chi connectivity index (χ3n) is 3.62. The topological polar surface area (TPSA) is 83.0 Å². The SMILES string of the molecule is CC(C)[C@]1(C#N)CCN(c2ccnc(N)c2)C1=O. The summed E-state index contributed by atoms with van der Waals surface area (Å²) in [6.07, 6.45) is 2.13. The molecule has 0 saturated carbocycles. The van der Waals surface area contributed by atoms with E-state index in [1.807, 2.05) is 13.8 Å². The van der Waals surface area contributed by atoms with Crippen molar-refractivity contribution in [2.45, 2.75) is 20.3 Å². The minimum absolute atomic E-state index is 0.000755. The van der Waals surface area contributed by atoms with Gasteiger partial charge in [0, 0.05) is 24.5 Å². The van der Waals surface area contributed by atoms with Crippen LogP contribution in [0.25, 0.3) is 0 Å². The number of carbonyl (C=O) groups excluding carboxylic acids is 1. The first-order chi connectivity index (χ1) is 8.51. The molecule has 1 aliphatic rings. The monoisotopic (exact) mass is 244 g/mol. The summed E-state index contributed by atoms with van der Waals surface area (Å²) in [4.78, 5) is 18.0. The summed E-state index contributed by atoms with van der Waals surface area (Å²) in [5, 5.41) is 9.34. The van der Waals surface area contributed by atoms with Crippen molar-refractivity contribution in [2.75, 3.05) is 17.2 Å². The van der Waals surface area contributed by atoms with Gasteiger partial charge in [-0.3, -0.25) is 4.79 Å². The lowest BCUT2D eigenvalue weighted by Crippen LogP contribution is -2.37. The lowest BCUT2D eigenvalue weighted by Gasteiger charge is -2.24. The summed E-state index contributed by atoms with van der Waals surface area (Å²) >= 11 is 0. The van der Waals surface area contributed by atoms with Crippen LogP contribution in [0.2, 0.25) is 0 Å². The Labute approximate surface area is 106 Å². The smallest absolute Gasteiger partial charge is 0.247 e. The average Bonchev–Trinajstić information content (AvgIpc) is 2.67. The van der Waals surface area contributed by atoms with Gasteiger partial charge in [0.05, 0.1) is 6.07 Å². The van der Waals surface area contributed by atoms with E-state index in [4.69, 9.17) is 5.73 Å². The van der Waals surface area contributed by atoms with Gasteiger partial charge >= 0.3 is 0 Å². The van der Waals surface area contributed by atoms with Crippen LogP contribution in [0.4, 0.5) is 11.5 Å². The van der Waals surface area contributed by atoms with Crippen molar-refractivity contribution < 1.29 is 4.79 Å². The molecule has 5 nitrogen and oxygen atoms in total. The van der Waals surface area contributed by atoms with E-state index in [0.717, 1.165) is 0 Å². The van der Waals surface area contributed by atoms with Gasteiger partial charge < -0.3 is 10.6 Å². The highest BCUT2D eigenvalue weighted by molar-refractivity contribution is 6.02. The van der Waals surface area contributed by atoms with E-state index in [2.05, 4.69) is 11.1 Å². The third-order valence-corrected chi connectivity index (χ3v) is 3.62. The molecule has 94 valence electrons. The Kier molecular flexibility index (Phi) is 2.95. The summed E-state index contributed by atoms with van der Waals surface area (Å²) < 4.78 is 0. The number of nitrogens with zero attached hydrogens (tertiary/aromatic N) is 3. The first kappa shape index (κ1) is 12.4. The van der Waals surface area contributed by atoms with Gasteiger partial charge in [0.1, 0.15) is 11.2 Å².